The molecule has 7 saturated heterocycles. The molecule has 7 fully saturated rings. The molecule has 19 rings (SSSR count). The fourth-order valence-corrected chi connectivity index (χ4v) is 25.3. The third kappa shape index (κ3) is 21.3. The summed E-state index contributed by atoms with van der Waals surface area (Å²) in [5, 5.41) is 18.9. The summed E-state index contributed by atoms with van der Waals surface area (Å²) >= 11 is 30.9. The number of fused-ring (bicyclic) bond motifs is 9. The zero-order valence-corrected chi connectivity index (χ0v) is 81.1. The highest BCUT2D eigenvalue weighted by atomic mass is 32.7. The number of nitrogens with zero attached hydrogens (tertiary/aromatic N) is 23. The first-order valence-electron chi connectivity index (χ1n) is 39.1. The van der Waals surface area contributed by atoms with Gasteiger partial charge in [0.15, 0.2) is 99.2 Å². The van der Waals surface area contributed by atoms with E-state index in [1.807, 2.05) is 0 Å². The van der Waals surface area contributed by atoms with Crippen molar-refractivity contribution in [3.8, 4) is 0 Å². The van der Waals surface area contributed by atoms with Crippen LogP contribution in [-0.4, -0.2) is 303 Å². The Morgan fingerprint density at radius 3 is 1.77 bits per heavy atom. The molecule has 0 radical (unpaired) electrons. The van der Waals surface area contributed by atoms with Gasteiger partial charge in [0.1, 0.15) is 102 Å². The van der Waals surface area contributed by atoms with Gasteiger partial charge in [0.05, 0.1) is 80.4 Å². The number of halogens is 7. The van der Waals surface area contributed by atoms with Crippen LogP contribution in [0.2, 0.25) is 0 Å². The van der Waals surface area contributed by atoms with Crippen LogP contribution in [0, 0.1) is 0 Å². The maximum atomic E-state index is 16.0. The van der Waals surface area contributed by atoms with E-state index in [1.54, 1.807) is 0 Å². The van der Waals surface area contributed by atoms with Gasteiger partial charge in [-0.1, -0.05) is 27.9 Å². The van der Waals surface area contributed by atoms with Crippen LogP contribution < -0.4 is 51.1 Å². The lowest BCUT2D eigenvalue weighted by atomic mass is 10.1. The molecule has 12 aromatic heterocycles. The molecule has 138 heavy (non-hydrogen) atoms. The molecule has 27 atom stereocenters. The van der Waals surface area contributed by atoms with E-state index in [2.05, 4.69) is 117 Å². The number of rotatable bonds is 24. The van der Waals surface area contributed by atoms with Crippen molar-refractivity contribution in [2.24, 2.45) is 0 Å². The Kier molecular flexibility index (Phi) is 29.5. The number of nitrogens with two attached hydrogens (primary N) is 6. The number of ether oxygens (including phenoxy) is 4. The standard InChI is InChI=1S/C21H25F3N10O9P2S2.C20H25F2N11O8P2S3.C19H21F2N11O8P2S3/c1-38-44(36,46)40-6-10-11(22)13(18(42-10)34-16-12(31-32-34)17(35)30-20(26)29-16)43-45(37,47)39-5-8-4-21(23,24)19(41-8)33-3-2-9-14(25)27-7-28-15(9)33;1-37-42(35,44)39-4-9-10(22)13(19(46-9)32-6-27-12-16(32)28-20(24)29-17(12)34)41-43(36,45)38-3-7-2-8(21)18(40-7)33-15-11(30-31-33)14(23)25-5-26-15;20-7-6-2-37-42(35,44)39-11-5(38-17(8(11)21)31-4-26-9-13(22)24-3-25-14(9)31)1-36-41(34,43)40-12(7)18(45-6)32-15-10(29-30-32)16(33)28-19(23)27-15/h2-3,7-8,10-11,13,18-19H,4-6H2,1H3,(H,36,46)(H,37,47)(H2,25,27,28)(H3,26,29,30,35);5-10,13,18-19H,2-4H2,1H3,(H,35,44)(H,36,45)(H2,23,25,26)(H3,24,28,29,34);3-8,11-12,17-18H,1-2H2,(H,34,43)(H,35,44)(H2,22,24,25)(H3,23,27,28,33)/t8-,10+,11-,13+,18+,19+,44?,45?;7-,8-,9+,10+,13+,18+,19+,42?,43?;5-,6-,7-,8+,11-,12-,17-,18-,41?,42?/m001/s1. The summed E-state index contributed by atoms with van der Waals surface area (Å²) in [6.07, 6.45) is -21.2. The number of thiol groups is 1. The molecule has 7 aliphatic heterocycles. The first-order chi connectivity index (χ1) is 65.2. The second kappa shape index (κ2) is 39.9. The molecule has 57 nitrogen and oxygen atoms in total. The van der Waals surface area contributed by atoms with E-state index in [0.717, 1.165) is 69.0 Å². The smallest absolute Gasteiger partial charge is 0.383 e. The second-order valence-electron chi connectivity index (χ2n) is 30.1. The van der Waals surface area contributed by atoms with Gasteiger partial charge in [-0.25, -0.2) is 79.9 Å². The average Bonchev–Trinajstić information content (AvgIpc) is 1.62. The summed E-state index contributed by atoms with van der Waals surface area (Å²) in [7, 11) is 2.23. The number of hydrogen-bond donors (Lipinski definition) is 15. The number of aromatic amines is 3. The van der Waals surface area contributed by atoms with Gasteiger partial charge in [-0.2, -0.15) is 24.3 Å². The summed E-state index contributed by atoms with van der Waals surface area (Å²) < 4.78 is 216. The summed E-state index contributed by atoms with van der Waals surface area (Å²) in [5.41, 5.74) is 32.2. The van der Waals surface area contributed by atoms with Crippen molar-refractivity contribution in [3.63, 3.8) is 0 Å². The minimum absolute atomic E-state index is 0.00718. The minimum atomic E-state index is -4.46. The van der Waals surface area contributed by atoms with Gasteiger partial charge in [-0.05, 0) is 65.1 Å². The quantitative estimate of drug-likeness (QED) is 0.0234. The first kappa shape index (κ1) is 102. The molecule has 19 heterocycles. The molecule has 7 aliphatic rings. The van der Waals surface area contributed by atoms with Gasteiger partial charge in [-0.3, -0.25) is 61.1 Å². The largest absolute Gasteiger partial charge is 0.386 e. The van der Waals surface area contributed by atoms with E-state index >= 15 is 30.7 Å². The molecule has 78 heteroatoms. The van der Waals surface area contributed by atoms with E-state index in [4.69, 9.17) is 162 Å². The number of H-pyrrole nitrogens is 3. The summed E-state index contributed by atoms with van der Waals surface area (Å²) in [6, 6.07) is 1.46. The monoisotopic (exact) mass is 2210 g/mol. The van der Waals surface area contributed by atoms with E-state index < -0.39 is 235 Å². The third-order valence-corrected chi connectivity index (χ3v) is 33.9. The van der Waals surface area contributed by atoms with Crippen molar-refractivity contribution in [1.29, 1.82) is 0 Å². The molecule has 0 amide bonds. The molecule has 0 spiro atoms. The molecular formula is C60H71F7N32O25P6S8. The fraction of sp³-hybridized carbons (Fsp3) is 0.533. The molecule has 12 aromatic rings. The van der Waals surface area contributed by atoms with Gasteiger partial charge in [0.25, 0.3) is 22.6 Å². The van der Waals surface area contributed by atoms with Crippen molar-refractivity contribution in [2.75, 3.05) is 88.3 Å². The van der Waals surface area contributed by atoms with Crippen LogP contribution in [0.1, 0.15) is 48.5 Å². The highest BCUT2D eigenvalue weighted by Gasteiger charge is 2.58. The van der Waals surface area contributed by atoms with Gasteiger partial charge in [0.2, 0.25) is 17.8 Å². The summed E-state index contributed by atoms with van der Waals surface area (Å²) in [6.45, 7) is -28.2. The van der Waals surface area contributed by atoms with Gasteiger partial charge < -0.3 is 114 Å². The summed E-state index contributed by atoms with van der Waals surface area (Å²) in [5.74, 6) is -4.03. The zero-order valence-electron chi connectivity index (χ0n) is 69.1. The predicted octanol–water partition coefficient (Wildman–Crippen LogP) is 2.15. The molecule has 20 N–H and O–H groups in total. The SMILES string of the molecule is COP(O)(=S)OC[C@H]1O[C@@H](n2nnc3c(=O)[nH]c(N)nc32)[C@H](OP(O)(=S)OC[C@@H]2CC(F)(F)[C@H](n3ccc4c(N)ncnc43)O2)[C@H]1F.COP(O)(=S)OC[C@H]1S[C@@H](n2cnc3c(=O)[nH]c(N)nc32)[C@H](OP(=O)(S)OC[C@@H]2C[C@H](F)[C@H](n3nnc4c(N)ncnc43)O2)[C@@H]1F.Nc1nc2c(nnn2[C@@H]2S[C@@H]3COP(O)(=S)O[C@H]4[C@H](F)[C@H](n5cnc6c(N)ncnc65)O[C@@H]4COP(O)(=S)O[C@@H]2[C@@H]3F)c(=O)[nH]1. The molecule has 6 unspecified atom stereocenters. The van der Waals surface area contributed by atoms with E-state index in [1.165, 1.54) is 40.4 Å². The average molecular weight is 2220 g/mol. The van der Waals surface area contributed by atoms with Crippen LogP contribution in [0.5, 0.6) is 0 Å². The number of hydrogen-bond acceptors (Lipinski definition) is 50. The number of nitrogen functional groups attached to an aromatic ring is 6. The van der Waals surface area contributed by atoms with Crippen LogP contribution in [0.4, 0.5) is 66.0 Å². The van der Waals surface area contributed by atoms with Crippen LogP contribution in [-0.2, 0) is 137 Å². The van der Waals surface area contributed by atoms with Crippen LogP contribution in [0.3, 0.4) is 0 Å². The Hall–Kier alpha value is -7.44. The van der Waals surface area contributed by atoms with Gasteiger partial charge in [-0.15, -0.1) is 38.8 Å². The number of imidazole rings is 2. The third-order valence-electron chi connectivity index (χ3n) is 21.2. The van der Waals surface area contributed by atoms with Gasteiger partial charge in [0, 0.05) is 33.3 Å². The Morgan fingerprint density at radius 2 is 1.10 bits per heavy atom. The number of thioether (sulfide) groups is 2. The zero-order chi connectivity index (χ0) is 98.7. The number of aromatic nitrogens is 26. The van der Waals surface area contributed by atoms with Crippen LogP contribution in [0.25, 0.3) is 66.9 Å². The second-order valence-corrected chi connectivity index (χ2v) is 50.0. The Balaban J connectivity index is 0.000000143. The number of nitrogens with one attached hydrogen (secondary N) is 3. The van der Waals surface area contributed by atoms with E-state index in [-0.39, 0.29) is 103 Å². The van der Waals surface area contributed by atoms with Gasteiger partial charge >= 0.3 is 40.4 Å². The Labute approximate surface area is 801 Å². The van der Waals surface area contributed by atoms with E-state index in [0.29, 0.717) is 5.39 Å². The lowest BCUT2D eigenvalue weighted by molar-refractivity contribution is -0.116. The van der Waals surface area contributed by atoms with Crippen molar-refractivity contribution >= 4 is 237 Å². The van der Waals surface area contributed by atoms with Crippen LogP contribution >= 0.6 is 76.2 Å². The Bertz CT molecular complexity index is 7150. The summed E-state index contributed by atoms with van der Waals surface area (Å²) in [4.78, 5) is 141. The topological polar surface area (TPSA) is 769 Å². The van der Waals surface area contributed by atoms with Crippen molar-refractivity contribution < 1.29 is 133 Å². The molecule has 0 aromatic carbocycles. The van der Waals surface area contributed by atoms with Crippen molar-refractivity contribution in [1.82, 2.24) is 128 Å². The highest BCUT2D eigenvalue weighted by molar-refractivity contribution is 8.44. The predicted molar refractivity (Wildman–Crippen MR) is 486 cm³/mol. The van der Waals surface area contributed by atoms with Crippen LogP contribution in [0.15, 0.2) is 58.3 Å². The fourth-order valence-electron chi connectivity index (χ4n) is 15.0. The maximum Gasteiger partial charge on any atom is 0.386 e. The first-order valence-corrected chi connectivity index (χ1v) is 56.7. The molecule has 0 aliphatic carbocycles. The molecule has 2 bridgehead atoms. The lowest BCUT2D eigenvalue weighted by Gasteiger charge is -2.27. The molecule has 748 valence electrons. The number of anilines is 6. The van der Waals surface area contributed by atoms with E-state index in [9.17, 15) is 43.4 Å². The van der Waals surface area contributed by atoms with Crippen molar-refractivity contribution in [3.05, 3.63) is 75.0 Å². The maximum absolute atomic E-state index is 16.0. The molecule has 0 saturated carbocycles. The number of alkyl halides is 7. The lowest BCUT2D eigenvalue weighted by Crippen LogP contribution is -2.34. The van der Waals surface area contributed by atoms with Crippen molar-refractivity contribution in [2.45, 2.75) is 145 Å². The molecular weight excluding hydrogens is 2140 g/mol. The highest BCUT2D eigenvalue weighted by Crippen LogP contribution is 2.62. The minimum Gasteiger partial charge on any atom is -0.383 e. The normalized spacial score (nSPS) is 31.8. The Morgan fingerprint density at radius 1 is 0.551 bits per heavy atom.